The van der Waals surface area contributed by atoms with Gasteiger partial charge in [-0.25, -0.2) is 4.98 Å². The van der Waals surface area contributed by atoms with Crippen molar-refractivity contribution in [2.45, 2.75) is 13.8 Å². The molecule has 2 N–H and O–H groups in total. The maximum absolute atomic E-state index is 5.80. The fourth-order valence-electron chi connectivity index (χ4n) is 2.32. The van der Waals surface area contributed by atoms with Crippen molar-refractivity contribution in [3.63, 3.8) is 0 Å². The molecule has 1 aromatic heterocycles. The molecule has 0 amide bonds. The van der Waals surface area contributed by atoms with E-state index in [0.29, 0.717) is 5.13 Å². The molecule has 0 atom stereocenters. The lowest BCUT2D eigenvalue weighted by molar-refractivity contribution is 1.38. The monoisotopic (exact) mass is 254 g/mol. The Labute approximate surface area is 110 Å². The van der Waals surface area contributed by atoms with Crippen molar-refractivity contribution in [1.29, 1.82) is 0 Å². The SMILES string of the molecule is Cc1sc(N)nc1-c1ccc(C)c2ccccc12. The lowest BCUT2D eigenvalue weighted by atomic mass is 9.98. The highest BCUT2D eigenvalue weighted by Crippen LogP contribution is 2.34. The number of nitrogen functional groups attached to an aromatic ring is 1. The van der Waals surface area contributed by atoms with Crippen molar-refractivity contribution in [2.75, 3.05) is 5.73 Å². The van der Waals surface area contributed by atoms with Crippen molar-refractivity contribution in [2.24, 2.45) is 0 Å². The van der Waals surface area contributed by atoms with E-state index in [4.69, 9.17) is 5.73 Å². The molecule has 0 fully saturated rings. The third kappa shape index (κ3) is 1.68. The van der Waals surface area contributed by atoms with Crippen LogP contribution in [-0.2, 0) is 0 Å². The van der Waals surface area contributed by atoms with E-state index in [2.05, 4.69) is 55.2 Å². The molecule has 0 spiro atoms. The van der Waals surface area contributed by atoms with Gasteiger partial charge in [0, 0.05) is 10.4 Å². The van der Waals surface area contributed by atoms with Crippen LogP contribution in [0, 0.1) is 13.8 Å². The molecular formula is C15H14N2S. The molecule has 3 rings (SSSR count). The molecule has 0 unspecified atom stereocenters. The molecule has 1 heterocycles. The number of rotatable bonds is 1. The lowest BCUT2D eigenvalue weighted by Crippen LogP contribution is -1.87. The first-order chi connectivity index (χ1) is 8.66. The van der Waals surface area contributed by atoms with E-state index in [1.54, 1.807) is 11.3 Å². The van der Waals surface area contributed by atoms with Crippen LogP contribution in [0.5, 0.6) is 0 Å². The number of aromatic nitrogens is 1. The van der Waals surface area contributed by atoms with E-state index in [0.717, 1.165) is 5.69 Å². The normalized spacial score (nSPS) is 11.0. The smallest absolute Gasteiger partial charge is 0.180 e. The first-order valence-corrected chi connectivity index (χ1v) is 6.70. The molecule has 90 valence electrons. The number of fused-ring (bicyclic) bond motifs is 1. The maximum atomic E-state index is 5.80. The van der Waals surface area contributed by atoms with Crippen LogP contribution in [0.3, 0.4) is 0 Å². The Hall–Kier alpha value is -1.87. The molecule has 0 aliphatic carbocycles. The van der Waals surface area contributed by atoms with Crippen LogP contribution < -0.4 is 5.73 Å². The van der Waals surface area contributed by atoms with Gasteiger partial charge in [-0.1, -0.05) is 36.4 Å². The molecule has 3 heteroatoms. The van der Waals surface area contributed by atoms with E-state index >= 15 is 0 Å². The molecular weight excluding hydrogens is 240 g/mol. The largest absolute Gasteiger partial charge is 0.375 e. The van der Waals surface area contributed by atoms with Gasteiger partial charge >= 0.3 is 0 Å². The molecule has 0 radical (unpaired) electrons. The second-order valence-electron chi connectivity index (χ2n) is 4.43. The van der Waals surface area contributed by atoms with Gasteiger partial charge in [0.25, 0.3) is 0 Å². The van der Waals surface area contributed by atoms with Crippen molar-refractivity contribution in [3.05, 3.63) is 46.8 Å². The van der Waals surface area contributed by atoms with Crippen LogP contribution >= 0.6 is 11.3 Å². The Morgan fingerprint density at radius 2 is 1.72 bits per heavy atom. The van der Waals surface area contributed by atoms with Gasteiger partial charge in [-0.3, -0.25) is 0 Å². The average molecular weight is 254 g/mol. The Morgan fingerprint density at radius 3 is 2.39 bits per heavy atom. The van der Waals surface area contributed by atoms with Crippen LogP contribution in [0.2, 0.25) is 0 Å². The third-order valence-corrected chi connectivity index (χ3v) is 4.01. The van der Waals surface area contributed by atoms with Crippen molar-refractivity contribution in [3.8, 4) is 11.3 Å². The van der Waals surface area contributed by atoms with Gasteiger partial charge in [0.15, 0.2) is 5.13 Å². The summed E-state index contributed by atoms with van der Waals surface area (Å²) in [4.78, 5) is 5.62. The van der Waals surface area contributed by atoms with Gasteiger partial charge in [-0.05, 0) is 30.2 Å². The summed E-state index contributed by atoms with van der Waals surface area (Å²) in [5.41, 5.74) is 9.26. The number of aryl methyl sites for hydroxylation is 2. The second kappa shape index (κ2) is 4.10. The minimum absolute atomic E-state index is 0.632. The number of thiazole rings is 1. The molecule has 2 nitrogen and oxygen atoms in total. The molecule has 0 aliphatic rings. The highest BCUT2D eigenvalue weighted by atomic mass is 32.1. The maximum Gasteiger partial charge on any atom is 0.180 e. The average Bonchev–Trinajstić information content (AvgIpc) is 2.69. The fourth-order valence-corrected chi connectivity index (χ4v) is 3.03. The zero-order valence-corrected chi connectivity index (χ0v) is 11.2. The Kier molecular flexibility index (Phi) is 2.56. The number of benzene rings is 2. The number of hydrogen-bond acceptors (Lipinski definition) is 3. The van der Waals surface area contributed by atoms with Crippen molar-refractivity contribution >= 4 is 27.2 Å². The van der Waals surface area contributed by atoms with Gasteiger partial charge in [0.05, 0.1) is 5.69 Å². The second-order valence-corrected chi connectivity index (χ2v) is 5.67. The van der Waals surface area contributed by atoms with Crippen LogP contribution in [-0.4, -0.2) is 4.98 Å². The van der Waals surface area contributed by atoms with Crippen molar-refractivity contribution in [1.82, 2.24) is 4.98 Å². The number of hydrogen-bond donors (Lipinski definition) is 1. The standard InChI is InChI=1S/C15H14N2S/c1-9-7-8-13(12-6-4-3-5-11(9)12)14-10(2)18-15(16)17-14/h3-8H,1-2H3,(H2,16,17). The van der Waals surface area contributed by atoms with Crippen LogP contribution in [0.4, 0.5) is 5.13 Å². The molecule has 3 aromatic rings. The van der Waals surface area contributed by atoms with Gasteiger partial charge < -0.3 is 5.73 Å². The highest BCUT2D eigenvalue weighted by molar-refractivity contribution is 7.15. The van der Waals surface area contributed by atoms with Gasteiger partial charge in [0.1, 0.15) is 0 Å². The van der Waals surface area contributed by atoms with Crippen LogP contribution in [0.1, 0.15) is 10.4 Å². The molecule has 0 saturated carbocycles. The summed E-state index contributed by atoms with van der Waals surface area (Å²) in [5, 5.41) is 3.15. The zero-order valence-electron chi connectivity index (χ0n) is 10.4. The fraction of sp³-hybridized carbons (Fsp3) is 0.133. The number of nitrogens with two attached hydrogens (primary N) is 1. The van der Waals surface area contributed by atoms with E-state index in [1.165, 1.54) is 26.8 Å². The van der Waals surface area contributed by atoms with Gasteiger partial charge in [0.2, 0.25) is 0 Å². The predicted octanol–water partition coefficient (Wildman–Crippen LogP) is 4.16. The van der Waals surface area contributed by atoms with E-state index in [-0.39, 0.29) is 0 Å². The Balaban J connectivity index is 2.37. The summed E-state index contributed by atoms with van der Waals surface area (Å²) >= 11 is 1.54. The minimum Gasteiger partial charge on any atom is -0.375 e. The zero-order chi connectivity index (χ0) is 12.7. The Morgan fingerprint density at radius 1 is 1.00 bits per heavy atom. The summed E-state index contributed by atoms with van der Waals surface area (Å²) in [7, 11) is 0. The Bertz CT molecular complexity index is 728. The summed E-state index contributed by atoms with van der Waals surface area (Å²) in [6.07, 6.45) is 0. The minimum atomic E-state index is 0.632. The summed E-state index contributed by atoms with van der Waals surface area (Å²) in [6.45, 7) is 4.20. The summed E-state index contributed by atoms with van der Waals surface area (Å²) in [5.74, 6) is 0. The van der Waals surface area contributed by atoms with E-state index < -0.39 is 0 Å². The van der Waals surface area contributed by atoms with Gasteiger partial charge in [-0.2, -0.15) is 0 Å². The van der Waals surface area contributed by atoms with Crippen LogP contribution in [0.15, 0.2) is 36.4 Å². The summed E-state index contributed by atoms with van der Waals surface area (Å²) in [6, 6.07) is 12.7. The van der Waals surface area contributed by atoms with Crippen LogP contribution in [0.25, 0.3) is 22.0 Å². The number of nitrogens with zero attached hydrogens (tertiary/aromatic N) is 1. The first-order valence-electron chi connectivity index (χ1n) is 5.88. The van der Waals surface area contributed by atoms with E-state index in [9.17, 15) is 0 Å². The summed E-state index contributed by atoms with van der Waals surface area (Å²) < 4.78 is 0. The van der Waals surface area contributed by atoms with Gasteiger partial charge in [-0.15, -0.1) is 11.3 Å². The van der Waals surface area contributed by atoms with E-state index in [1.807, 2.05) is 0 Å². The molecule has 0 saturated heterocycles. The predicted molar refractivity (Wildman–Crippen MR) is 78.9 cm³/mol. The molecule has 2 aromatic carbocycles. The lowest BCUT2D eigenvalue weighted by Gasteiger charge is -2.07. The molecule has 0 bridgehead atoms. The quantitative estimate of drug-likeness (QED) is 0.708. The third-order valence-electron chi connectivity index (χ3n) is 3.21. The topological polar surface area (TPSA) is 38.9 Å². The molecule has 0 aliphatic heterocycles. The molecule has 18 heavy (non-hydrogen) atoms. The van der Waals surface area contributed by atoms with Crippen molar-refractivity contribution < 1.29 is 0 Å². The first kappa shape index (κ1) is 11.2. The number of anilines is 1. The highest BCUT2D eigenvalue weighted by Gasteiger charge is 2.11.